The number of nitrogens with one attached hydrogen (secondary N) is 1. The minimum absolute atomic E-state index is 0.803. The van der Waals surface area contributed by atoms with Crippen molar-refractivity contribution in [2.75, 3.05) is 19.3 Å². The molecule has 2 aliphatic carbocycles. The zero-order chi connectivity index (χ0) is 11.7. The van der Waals surface area contributed by atoms with Gasteiger partial charge in [-0.3, -0.25) is 4.90 Å². The average Bonchev–Trinajstić information content (AvgIpc) is 3.05. The van der Waals surface area contributed by atoms with E-state index >= 15 is 0 Å². The van der Waals surface area contributed by atoms with Gasteiger partial charge in [-0.25, -0.2) is 0 Å². The molecule has 0 amide bonds. The molecular weight excluding hydrogens is 228 g/mol. The standard InChI is InChI=1S/C14H26N2S/c1-17-14-4-2-3-13(9-14)16-8-7-12(10-16)15-11-5-6-11/h11-15H,2-10H2,1H3. The van der Waals surface area contributed by atoms with Gasteiger partial charge in [-0.05, 0) is 44.8 Å². The molecular formula is C14H26N2S. The van der Waals surface area contributed by atoms with E-state index in [1.807, 2.05) is 0 Å². The van der Waals surface area contributed by atoms with Gasteiger partial charge >= 0.3 is 0 Å². The molecule has 3 aliphatic rings. The van der Waals surface area contributed by atoms with Crippen LogP contribution in [0.4, 0.5) is 0 Å². The van der Waals surface area contributed by atoms with Crippen LogP contribution in [0, 0.1) is 0 Å². The molecule has 3 atom stereocenters. The van der Waals surface area contributed by atoms with Crippen molar-refractivity contribution in [3.8, 4) is 0 Å². The molecule has 1 heterocycles. The molecule has 2 saturated carbocycles. The van der Waals surface area contributed by atoms with Crippen LogP contribution in [0.15, 0.2) is 0 Å². The number of rotatable bonds is 4. The molecule has 1 saturated heterocycles. The van der Waals surface area contributed by atoms with Crippen molar-refractivity contribution in [3.05, 3.63) is 0 Å². The minimum atomic E-state index is 0.803. The zero-order valence-electron chi connectivity index (χ0n) is 11.0. The summed E-state index contributed by atoms with van der Waals surface area (Å²) in [5.74, 6) is 0. The normalized spacial score (nSPS) is 39.7. The van der Waals surface area contributed by atoms with Crippen LogP contribution >= 0.6 is 11.8 Å². The number of thioether (sulfide) groups is 1. The van der Waals surface area contributed by atoms with Gasteiger partial charge in [0.05, 0.1) is 0 Å². The van der Waals surface area contributed by atoms with Gasteiger partial charge in [0.1, 0.15) is 0 Å². The first-order valence-electron chi connectivity index (χ1n) is 7.38. The third-order valence-corrected chi connectivity index (χ3v) is 5.81. The van der Waals surface area contributed by atoms with Crippen LogP contribution in [-0.4, -0.2) is 47.6 Å². The molecule has 0 bridgehead atoms. The van der Waals surface area contributed by atoms with E-state index in [2.05, 4.69) is 28.2 Å². The van der Waals surface area contributed by atoms with Crippen LogP contribution in [0.5, 0.6) is 0 Å². The van der Waals surface area contributed by atoms with Crippen LogP contribution in [0.1, 0.15) is 44.9 Å². The molecule has 0 aromatic carbocycles. The Morgan fingerprint density at radius 3 is 2.71 bits per heavy atom. The third-order valence-electron chi connectivity index (χ3n) is 4.72. The van der Waals surface area contributed by atoms with Crippen molar-refractivity contribution >= 4 is 11.8 Å². The predicted octanol–water partition coefficient (Wildman–Crippen LogP) is 2.49. The van der Waals surface area contributed by atoms with Gasteiger partial charge in [0.15, 0.2) is 0 Å². The molecule has 17 heavy (non-hydrogen) atoms. The van der Waals surface area contributed by atoms with Gasteiger partial charge in [0.25, 0.3) is 0 Å². The summed E-state index contributed by atoms with van der Waals surface area (Å²) in [6, 6.07) is 2.58. The van der Waals surface area contributed by atoms with E-state index in [9.17, 15) is 0 Å². The highest BCUT2D eigenvalue weighted by Crippen LogP contribution is 2.32. The molecule has 3 rings (SSSR count). The van der Waals surface area contributed by atoms with E-state index in [0.717, 1.165) is 23.4 Å². The highest BCUT2D eigenvalue weighted by Gasteiger charge is 2.33. The fourth-order valence-electron chi connectivity index (χ4n) is 3.50. The fraction of sp³-hybridized carbons (Fsp3) is 1.00. The van der Waals surface area contributed by atoms with E-state index in [-0.39, 0.29) is 0 Å². The van der Waals surface area contributed by atoms with Crippen LogP contribution in [0.25, 0.3) is 0 Å². The second-order valence-electron chi connectivity index (χ2n) is 6.10. The second-order valence-corrected chi connectivity index (χ2v) is 7.24. The lowest BCUT2D eigenvalue weighted by atomic mass is 9.94. The molecule has 3 unspecified atom stereocenters. The van der Waals surface area contributed by atoms with E-state index in [1.54, 1.807) is 0 Å². The van der Waals surface area contributed by atoms with E-state index in [4.69, 9.17) is 0 Å². The molecule has 3 fully saturated rings. The fourth-order valence-corrected chi connectivity index (χ4v) is 4.32. The maximum absolute atomic E-state index is 3.80. The van der Waals surface area contributed by atoms with Crippen molar-refractivity contribution in [3.63, 3.8) is 0 Å². The Balaban J connectivity index is 1.47. The largest absolute Gasteiger partial charge is 0.310 e. The SMILES string of the molecule is CSC1CCCC(N2CCC(NC3CC3)C2)C1. The first-order valence-corrected chi connectivity index (χ1v) is 8.67. The number of hydrogen-bond acceptors (Lipinski definition) is 3. The Hall–Kier alpha value is 0.270. The quantitative estimate of drug-likeness (QED) is 0.830. The summed E-state index contributed by atoms with van der Waals surface area (Å²) in [4.78, 5) is 2.78. The van der Waals surface area contributed by atoms with Gasteiger partial charge in [-0.15, -0.1) is 0 Å². The summed E-state index contributed by atoms with van der Waals surface area (Å²) in [7, 11) is 0. The Kier molecular flexibility index (Phi) is 3.98. The molecule has 98 valence electrons. The van der Waals surface area contributed by atoms with Crippen LogP contribution in [0.2, 0.25) is 0 Å². The summed E-state index contributed by atoms with van der Waals surface area (Å²) < 4.78 is 0. The molecule has 0 aromatic heterocycles. The summed E-state index contributed by atoms with van der Waals surface area (Å²) in [5.41, 5.74) is 0. The molecule has 0 spiro atoms. The minimum Gasteiger partial charge on any atom is -0.310 e. The van der Waals surface area contributed by atoms with Crippen molar-refractivity contribution in [1.82, 2.24) is 10.2 Å². The molecule has 2 nitrogen and oxygen atoms in total. The first-order chi connectivity index (χ1) is 8.35. The van der Waals surface area contributed by atoms with Crippen LogP contribution in [0.3, 0.4) is 0 Å². The van der Waals surface area contributed by atoms with Crippen LogP contribution in [-0.2, 0) is 0 Å². The summed E-state index contributed by atoms with van der Waals surface area (Å²) in [5, 5.41) is 4.73. The van der Waals surface area contributed by atoms with E-state index < -0.39 is 0 Å². The predicted molar refractivity (Wildman–Crippen MR) is 75.7 cm³/mol. The highest BCUT2D eigenvalue weighted by molar-refractivity contribution is 7.99. The van der Waals surface area contributed by atoms with Crippen molar-refractivity contribution in [2.45, 2.75) is 68.3 Å². The molecule has 1 N–H and O–H groups in total. The number of nitrogens with zero attached hydrogens (tertiary/aromatic N) is 1. The maximum atomic E-state index is 3.80. The zero-order valence-corrected chi connectivity index (χ0v) is 11.8. The second kappa shape index (κ2) is 5.50. The summed E-state index contributed by atoms with van der Waals surface area (Å²) in [6.07, 6.45) is 12.3. The van der Waals surface area contributed by atoms with Crippen LogP contribution < -0.4 is 5.32 Å². The van der Waals surface area contributed by atoms with Crippen molar-refractivity contribution in [2.24, 2.45) is 0 Å². The van der Waals surface area contributed by atoms with E-state index in [0.29, 0.717) is 0 Å². The summed E-state index contributed by atoms with van der Waals surface area (Å²) >= 11 is 2.09. The average molecular weight is 254 g/mol. The van der Waals surface area contributed by atoms with E-state index in [1.165, 1.54) is 58.0 Å². The molecule has 3 heteroatoms. The van der Waals surface area contributed by atoms with Crippen molar-refractivity contribution < 1.29 is 0 Å². The molecule has 1 aliphatic heterocycles. The summed E-state index contributed by atoms with van der Waals surface area (Å²) in [6.45, 7) is 2.67. The van der Waals surface area contributed by atoms with Gasteiger partial charge in [-0.1, -0.05) is 6.42 Å². The third kappa shape index (κ3) is 3.18. The molecule has 0 aromatic rings. The van der Waals surface area contributed by atoms with Crippen molar-refractivity contribution in [1.29, 1.82) is 0 Å². The van der Waals surface area contributed by atoms with Gasteiger partial charge in [0, 0.05) is 36.5 Å². The monoisotopic (exact) mass is 254 g/mol. The maximum Gasteiger partial charge on any atom is 0.0209 e. The number of hydrogen-bond donors (Lipinski definition) is 1. The molecule has 0 radical (unpaired) electrons. The topological polar surface area (TPSA) is 15.3 Å². The smallest absolute Gasteiger partial charge is 0.0209 e. The number of likely N-dealkylation sites (tertiary alicyclic amines) is 1. The highest BCUT2D eigenvalue weighted by atomic mass is 32.2. The van der Waals surface area contributed by atoms with Gasteiger partial charge in [0.2, 0.25) is 0 Å². The lowest BCUT2D eigenvalue weighted by Crippen LogP contribution is -2.41. The lowest BCUT2D eigenvalue weighted by molar-refractivity contribution is 0.190. The Bertz CT molecular complexity index is 255. The Morgan fingerprint density at radius 1 is 1.06 bits per heavy atom. The Labute approximate surface area is 110 Å². The van der Waals surface area contributed by atoms with Gasteiger partial charge < -0.3 is 5.32 Å². The lowest BCUT2D eigenvalue weighted by Gasteiger charge is -2.34. The Morgan fingerprint density at radius 2 is 1.94 bits per heavy atom. The first kappa shape index (κ1) is 12.3. The van der Waals surface area contributed by atoms with Gasteiger partial charge in [-0.2, -0.15) is 11.8 Å².